The fourth-order valence-electron chi connectivity index (χ4n) is 2.81. The first-order valence-electron chi connectivity index (χ1n) is 7.02. The van der Waals surface area contributed by atoms with Crippen LogP contribution in [0.25, 0.3) is 0 Å². The lowest BCUT2D eigenvalue weighted by atomic mass is 10.1. The third-order valence-corrected chi connectivity index (χ3v) is 5.09. The molecule has 3 rings (SSSR count). The Morgan fingerprint density at radius 3 is 2.85 bits per heavy atom. The average molecular weight is 292 g/mol. The van der Waals surface area contributed by atoms with Crippen molar-refractivity contribution >= 4 is 11.3 Å². The number of methoxy groups -OCH3 is 1. The van der Waals surface area contributed by atoms with Crippen LogP contribution >= 0.6 is 11.3 Å². The van der Waals surface area contributed by atoms with Crippen LogP contribution in [0.1, 0.15) is 53.4 Å². The molecule has 0 saturated heterocycles. The van der Waals surface area contributed by atoms with Crippen LogP contribution < -0.4 is 4.74 Å². The quantitative estimate of drug-likeness (QED) is 0.942. The molecule has 0 amide bonds. The molecule has 2 aromatic rings. The minimum atomic E-state index is -0.662. The molecular formula is C15H20N2O2S. The lowest BCUT2D eigenvalue weighted by Gasteiger charge is -2.16. The number of aromatic nitrogens is 2. The minimum absolute atomic E-state index is 0.190. The number of aliphatic hydroxyl groups excluding tert-OH is 1. The third kappa shape index (κ3) is 2.15. The van der Waals surface area contributed by atoms with E-state index in [1.165, 1.54) is 16.9 Å². The molecule has 0 saturated carbocycles. The molecule has 0 aliphatic heterocycles. The maximum absolute atomic E-state index is 10.7. The largest absolute Gasteiger partial charge is 0.493 e. The summed E-state index contributed by atoms with van der Waals surface area (Å²) in [4.78, 5) is 2.42. The molecule has 2 aromatic heterocycles. The van der Waals surface area contributed by atoms with Gasteiger partial charge in [-0.2, -0.15) is 5.10 Å². The first-order chi connectivity index (χ1) is 9.61. The van der Waals surface area contributed by atoms with Gasteiger partial charge in [-0.1, -0.05) is 0 Å². The molecule has 1 atom stereocenters. The van der Waals surface area contributed by atoms with E-state index in [1.807, 2.05) is 4.68 Å². The fraction of sp³-hybridized carbons (Fsp3) is 0.533. The number of nitrogens with zero attached hydrogens (tertiary/aromatic N) is 2. The zero-order valence-corrected chi connectivity index (χ0v) is 12.9. The standard InChI is InChI=1S/C15H20N2O2S/c1-9(2)17-14(11(19-3)8-16-17)15(18)13-7-10-5-4-6-12(10)20-13/h7-9,15,18H,4-6H2,1-3H3. The molecular weight excluding hydrogens is 272 g/mol. The number of thiophene rings is 1. The normalized spacial score (nSPS) is 15.7. The van der Waals surface area contributed by atoms with Gasteiger partial charge in [0.2, 0.25) is 0 Å². The van der Waals surface area contributed by atoms with Crippen molar-refractivity contribution in [1.82, 2.24) is 9.78 Å². The Kier molecular flexibility index (Phi) is 3.56. The van der Waals surface area contributed by atoms with Crippen molar-refractivity contribution in [3.63, 3.8) is 0 Å². The predicted octanol–water partition coefficient (Wildman–Crippen LogP) is 3.10. The first-order valence-corrected chi connectivity index (χ1v) is 7.84. The summed E-state index contributed by atoms with van der Waals surface area (Å²) in [7, 11) is 1.62. The SMILES string of the molecule is COc1cnn(C(C)C)c1C(O)c1cc2c(s1)CCC2. The van der Waals surface area contributed by atoms with E-state index in [9.17, 15) is 5.11 Å². The van der Waals surface area contributed by atoms with Crippen LogP contribution in [0.4, 0.5) is 0 Å². The number of aliphatic hydroxyl groups is 1. The van der Waals surface area contributed by atoms with Gasteiger partial charge in [0.25, 0.3) is 0 Å². The van der Waals surface area contributed by atoms with Crippen LogP contribution in [-0.2, 0) is 12.8 Å². The molecule has 1 aliphatic rings. The number of aryl methyl sites for hydroxylation is 2. The highest BCUT2D eigenvalue weighted by molar-refractivity contribution is 7.12. The zero-order valence-electron chi connectivity index (χ0n) is 12.1. The molecule has 2 heterocycles. The lowest BCUT2D eigenvalue weighted by Crippen LogP contribution is -2.12. The van der Waals surface area contributed by atoms with E-state index in [0.29, 0.717) is 5.75 Å². The van der Waals surface area contributed by atoms with Gasteiger partial charge in [-0.3, -0.25) is 4.68 Å². The van der Waals surface area contributed by atoms with Crippen LogP contribution in [0.15, 0.2) is 12.3 Å². The van der Waals surface area contributed by atoms with E-state index in [2.05, 4.69) is 25.0 Å². The molecule has 20 heavy (non-hydrogen) atoms. The molecule has 0 aromatic carbocycles. The van der Waals surface area contributed by atoms with Crippen molar-refractivity contribution in [3.05, 3.63) is 33.3 Å². The molecule has 0 bridgehead atoms. The Bertz CT molecular complexity index is 594. The van der Waals surface area contributed by atoms with Gasteiger partial charge in [0, 0.05) is 15.8 Å². The molecule has 1 N–H and O–H groups in total. The summed E-state index contributed by atoms with van der Waals surface area (Å²) < 4.78 is 7.20. The van der Waals surface area contributed by atoms with Crippen LogP contribution in [0.5, 0.6) is 5.75 Å². The highest BCUT2D eigenvalue weighted by Crippen LogP contribution is 2.39. The zero-order chi connectivity index (χ0) is 14.3. The van der Waals surface area contributed by atoms with E-state index < -0.39 is 6.10 Å². The number of fused-ring (bicyclic) bond motifs is 1. The van der Waals surface area contributed by atoms with Gasteiger partial charge in [0.1, 0.15) is 11.8 Å². The Labute approximate surface area is 123 Å². The van der Waals surface area contributed by atoms with Crippen molar-refractivity contribution in [2.24, 2.45) is 0 Å². The maximum Gasteiger partial charge on any atom is 0.163 e. The topological polar surface area (TPSA) is 47.3 Å². The minimum Gasteiger partial charge on any atom is -0.493 e. The smallest absolute Gasteiger partial charge is 0.163 e. The van der Waals surface area contributed by atoms with Gasteiger partial charge in [-0.25, -0.2) is 0 Å². The van der Waals surface area contributed by atoms with Crippen LogP contribution in [0.3, 0.4) is 0 Å². The fourth-order valence-corrected chi connectivity index (χ4v) is 4.05. The molecule has 108 valence electrons. The molecule has 0 radical (unpaired) electrons. The average Bonchev–Trinajstić information content (AvgIpc) is 3.10. The van der Waals surface area contributed by atoms with E-state index in [1.54, 1.807) is 24.6 Å². The highest BCUT2D eigenvalue weighted by Gasteiger charge is 2.26. The molecule has 1 aliphatic carbocycles. The number of hydrogen-bond acceptors (Lipinski definition) is 4. The summed E-state index contributed by atoms with van der Waals surface area (Å²) in [6.45, 7) is 4.11. The van der Waals surface area contributed by atoms with Crippen LogP contribution in [0.2, 0.25) is 0 Å². The van der Waals surface area contributed by atoms with Gasteiger partial charge >= 0.3 is 0 Å². The number of hydrogen-bond donors (Lipinski definition) is 1. The van der Waals surface area contributed by atoms with E-state index in [4.69, 9.17) is 4.74 Å². The van der Waals surface area contributed by atoms with Gasteiger partial charge in [0.05, 0.1) is 13.3 Å². The molecule has 1 unspecified atom stereocenters. The van der Waals surface area contributed by atoms with Gasteiger partial charge < -0.3 is 9.84 Å². The molecule has 4 nitrogen and oxygen atoms in total. The number of ether oxygens (including phenoxy) is 1. The summed E-state index contributed by atoms with van der Waals surface area (Å²) in [6, 6.07) is 2.34. The summed E-state index contributed by atoms with van der Waals surface area (Å²) >= 11 is 1.72. The van der Waals surface area contributed by atoms with Crippen molar-refractivity contribution in [1.29, 1.82) is 0 Å². The maximum atomic E-state index is 10.7. The first kappa shape index (κ1) is 13.6. The molecule has 0 spiro atoms. The van der Waals surface area contributed by atoms with Crippen LogP contribution in [-0.4, -0.2) is 22.0 Å². The van der Waals surface area contributed by atoms with Crippen molar-refractivity contribution in [3.8, 4) is 5.75 Å². The van der Waals surface area contributed by atoms with E-state index in [0.717, 1.165) is 23.4 Å². The Morgan fingerprint density at radius 1 is 1.40 bits per heavy atom. The van der Waals surface area contributed by atoms with E-state index >= 15 is 0 Å². The van der Waals surface area contributed by atoms with Gasteiger partial charge in [0.15, 0.2) is 5.75 Å². The van der Waals surface area contributed by atoms with E-state index in [-0.39, 0.29) is 6.04 Å². The summed E-state index contributed by atoms with van der Waals surface area (Å²) in [5.74, 6) is 0.653. The number of rotatable bonds is 4. The highest BCUT2D eigenvalue weighted by atomic mass is 32.1. The summed E-state index contributed by atoms with van der Waals surface area (Å²) in [6.07, 6.45) is 4.54. The van der Waals surface area contributed by atoms with Gasteiger partial charge in [-0.05, 0) is 44.7 Å². The van der Waals surface area contributed by atoms with Crippen molar-refractivity contribution in [2.45, 2.75) is 45.3 Å². The summed E-state index contributed by atoms with van der Waals surface area (Å²) in [5.41, 5.74) is 2.15. The Hall–Kier alpha value is -1.33. The Balaban J connectivity index is 2.00. The lowest BCUT2D eigenvalue weighted by molar-refractivity contribution is 0.203. The van der Waals surface area contributed by atoms with Crippen LogP contribution in [0, 0.1) is 0 Å². The Morgan fingerprint density at radius 2 is 2.20 bits per heavy atom. The monoisotopic (exact) mass is 292 g/mol. The van der Waals surface area contributed by atoms with Crippen molar-refractivity contribution in [2.75, 3.05) is 7.11 Å². The molecule has 0 fully saturated rings. The predicted molar refractivity (Wildman–Crippen MR) is 79.6 cm³/mol. The summed E-state index contributed by atoms with van der Waals surface area (Å²) in [5, 5.41) is 15.1. The third-order valence-electron chi connectivity index (χ3n) is 3.80. The van der Waals surface area contributed by atoms with Gasteiger partial charge in [-0.15, -0.1) is 11.3 Å². The molecule has 5 heteroatoms. The second-order valence-corrected chi connectivity index (χ2v) is 6.66. The van der Waals surface area contributed by atoms with Crippen molar-refractivity contribution < 1.29 is 9.84 Å². The second kappa shape index (κ2) is 5.22. The second-order valence-electron chi connectivity index (χ2n) is 5.49.